The molecule has 0 bridgehead atoms. The summed E-state index contributed by atoms with van der Waals surface area (Å²) in [6, 6.07) is 4.60. The van der Waals surface area contributed by atoms with Crippen LogP contribution in [0.2, 0.25) is 0 Å². The molecule has 5 nitrogen and oxygen atoms in total. The van der Waals surface area contributed by atoms with Crippen molar-refractivity contribution in [3.8, 4) is 0 Å². The minimum atomic E-state index is -3.74. The third-order valence-corrected chi connectivity index (χ3v) is 4.48. The smallest absolute Gasteiger partial charge is 0.262 e. The van der Waals surface area contributed by atoms with Gasteiger partial charge in [-0.25, -0.2) is 12.8 Å². The van der Waals surface area contributed by atoms with Crippen molar-refractivity contribution in [1.29, 1.82) is 0 Å². The van der Waals surface area contributed by atoms with E-state index in [0.717, 1.165) is 25.2 Å². The fraction of sp³-hybridized carbons (Fsp3) is 0.538. The van der Waals surface area contributed by atoms with Crippen LogP contribution in [-0.2, 0) is 14.9 Å². The number of nitrogens with zero attached hydrogens (tertiary/aromatic N) is 1. The number of halogens is 1. The van der Waals surface area contributed by atoms with E-state index in [1.807, 2.05) is 0 Å². The number of hydrogen-bond acceptors (Lipinski definition) is 4. The summed E-state index contributed by atoms with van der Waals surface area (Å²) < 4.78 is 36.4. The van der Waals surface area contributed by atoms with E-state index in [4.69, 9.17) is 4.84 Å². The zero-order valence-electron chi connectivity index (χ0n) is 11.2. The largest absolute Gasteiger partial charge is 0.301 e. The lowest BCUT2D eigenvalue weighted by Crippen LogP contribution is -2.35. The molecular weight excluding hydrogens is 283 g/mol. The first-order valence-corrected chi connectivity index (χ1v) is 8.18. The Morgan fingerprint density at radius 1 is 1.15 bits per heavy atom. The first-order chi connectivity index (χ1) is 9.58. The number of rotatable bonds is 6. The molecule has 1 aromatic carbocycles. The van der Waals surface area contributed by atoms with E-state index in [2.05, 4.69) is 9.79 Å². The van der Waals surface area contributed by atoms with Crippen LogP contribution in [0.25, 0.3) is 0 Å². The molecule has 1 fully saturated rings. The molecule has 1 saturated heterocycles. The monoisotopic (exact) mass is 302 g/mol. The Kier molecular flexibility index (Phi) is 5.47. The predicted octanol–water partition coefficient (Wildman–Crippen LogP) is 1.52. The van der Waals surface area contributed by atoms with Gasteiger partial charge < -0.3 is 4.90 Å². The van der Waals surface area contributed by atoms with Crippen molar-refractivity contribution in [2.24, 2.45) is 0 Å². The van der Waals surface area contributed by atoms with Crippen LogP contribution in [0.5, 0.6) is 0 Å². The van der Waals surface area contributed by atoms with E-state index in [9.17, 15) is 12.8 Å². The Hall–Kier alpha value is -1.02. The summed E-state index contributed by atoms with van der Waals surface area (Å²) >= 11 is 0. The second-order valence-electron chi connectivity index (χ2n) is 4.79. The molecule has 112 valence electrons. The molecule has 0 amide bonds. The normalized spacial score (nSPS) is 17.2. The highest BCUT2D eigenvalue weighted by Gasteiger charge is 2.15. The van der Waals surface area contributed by atoms with Crippen molar-refractivity contribution in [3.63, 3.8) is 0 Å². The van der Waals surface area contributed by atoms with Crippen LogP contribution < -0.4 is 4.89 Å². The molecule has 7 heteroatoms. The molecule has 1 aromatic rings. The van der Waals surface area contributed by atoms with Crippen molar-refractivity contribution >= 4 is 10.0 Å². The number of nitrogens with one attached hydrogen (secondary N) is 1. The van der Waals surface area contributed by atoms with Gasteiger partial charge in [0.15, 0.2) is 0 Å². The number of likely N-dealkylation sites (tertiary alicyclic amines) is 1. The van der Waals surface area contributed by atoms with Gasteiger partial charge in [0.1, 0.15) is 5.82 Å². The molecule has 1 aliphatic heterocycles. The number of sulfonamides is 1. The quantitative estimate of drug-likeness (QED) is 0.639. The molecule has 20 heavy (non-hydrogen) atoms. The SMILES string of the molecule is O=S(=O)(NOCCN1CCCCC1)c1ccc(F)cc1. The summed E-state index contributed by atoms with van der Waals surface area (Å²) in [5.74, 6) is -0.477. The molecule has 1 aliphatic rings. The molecule has 0 spiro atoms. The van der Waals surface area contributed by atoms with Gasteiger partial charge in [0.05, 0.1) is 11.5 Å². The van der Waals surface area contributed by atoms with Gasteiger partial charge in [0.2, 0.25) is 0 Å². The van der Waals surface area contributed by atoms with Crippen LogP contribution in [0.4, 0.5) is 4.39 Å². The minimum absolute atomic E-state index is 0.0168. The highest BCUT2D eigenvalue weighted by atomic mass is 32.2. The summed E-state index contributed by atoms with van der Waals surface area (Å²) in [6.45, 7) is 3.06. The lowest BCUT2D eigenvalue weighted by atomic mass is 10.1. The zero-order valence-corrected chi connectivity index (χ0v) is 12.0. The van der Waals surface area contributed by atoms with Gasteiger partial charge in [-0.05, 0) is 50.2 Å². The molecule has 0 aromatic heterocycles. The lowest BCUT2D eigenvalue weighted by molar-refractivity contribution is 0.0656. The maximum Gasteiger partial charge on any atom is 0.262 e. The third-order valence-electron chi connectivity index (χ3n) is 3.25. The van der Waals surface area contributed by atoms with Gasteiger partial charge in [-0.1, -0.05) is 11.3 Å². The predicted molar refractivity (Wildman–Crippen MR) is 73.0 cm³/mol. The average molecular weight is 302 g/mol. The molecule has 0 unspecified atom stereocenters. The Morgan fingerprint density at radius 3 is 2.45 bits per heavy atom. The summed E-state index contributed by atoms with van der Waals surface area (Å²) in [4.78, 5) is 9.30. The van der Waals surface area contributed by atoms with Crippen molar-refractivity contribution in [2.45, 2.75) is 24.2 Å². The van der Waals surface area contributed by atoms with Crippen molar-refractivity contribution < 1.29 is 17.6 Å². The highest BCUT2D eigenvalue weighted by Crippen LogP contribution is 2.10. The van der Waals surface area contributed by atoms with E-state index in [-0.39, 0.29) is 4.90 Å². The van der Waals surface area contributed by atoms with Gasteiger partial charge >= 0.3 is 0 Å². The van der Waals surface area contributed by atoms with Gasteiger partial charge in [0, 0.05) is 6.54 Å². The van der Waals surface area contributed by atoms with E-state index in [1.165, 1.54) is 31.4 Å². The third kappa shape index (κ3) is 4.52. The van der Waals surface area contributed by atoms with Crippen molar-refractivity contribution in [1.82, 2.24) is 9.79 Å². The number of benzene rings is 1. The summed E-state index contributed by atoms with van der Waals surface area (Å²) in [5, 5.41) is 0. The van der Waals surface area contributed by atoms with Crippen molar-refractivity contribution in [2.75, 3.05) is 26.2 Å². The Bertz CT molecular complexity index is 513. The highest BCUT2D eigenvalue weighted by molar-refractivity contribution is 7.89. The van der Waals surface area contributed by atoms with Crippen LogP contribution in [0, 0.1) is 5.82 Å². The molecule has 0 radical (unpaired) electrons. The second-order valence-corrected chi connectivity index (χ2v) is 6.44. The van der Waals surface area contributed by atoms with Gasteiger partial charge in [-0.15, -0.1) is 0 Å². The molecule has 1 N–H and O–H groups in total. The molecule has 0 atom stereocenters. The van der Waals surface area contributed by atoms with Crippen LogP contribution in [0.3, 0.4) is 0 Å². The molecule has 2 rings (SSSR count). The fourth-order valence-corrected chi connectivity index (χ4v) is 2.97. The van der Waals surface area contributed by atoms with Gasteiger partial charge in [0.25, 0.3) is 10.0 Å². The maximum absolute atomic E-state index is 12.7. The van der Waals surface area contributed by atoms with E-state index in [1.54, 1.807) is 0 Å². The first-order valence-electron chi connectivity index (χ1n) is 6.69. The second kappa shape index (κ2) is 7.12. The van der Waals surface area contributed by atoms with Gasteiger partial charge in [-0.3, -0.25) is 4.84 Å². The van der Waals surface area contributed by atoms with E-state index < -0.39 is 15.8 Å². The Labute approximate surface area is 118 Å². The summed E-state index contributed by atoms with van der Waals surface area (Å²) in [7, 11) is -3.74. The molecule has 0 saturated carbocycles. The summed E-state index contributed by atoms with van der Waals surface area (Å²) in [5.41, 5.74) is 0. The fourth-order valence-electron chi connectivity index (χ4n) is 2.14. The standard InChI is InChI=1S/C13H19FN2O3S/c14-12-4-6-13(7-5-12)20(17,18)15-19-11-10-16-8-2-1-3-9-16/h4-7,15H,1-3,8-11H2. The van der Waals surface area contributed by atoms with Crippen LogP contribution in [-0.4, -0.2) is 39.6 Å². The maximum atomic E-state index is 12.7. The van der Waals surface area contributed by atoms with Crippen LogP contribution in [0.1, 0.15) is 19.3 Å². The zero-order chi connectivity index (χ0) is 14.4. The number of piperidine rings is 1. The van der Waals surface area contributed by atoms with Crippen LogP contribution in [0.15, 0.2) is 29.2 Å². The Balaban J connectivity index is 1.76. The molecule has 0 aliphatic carbocycles. The van der Waals surface area contributed by atoms with Crippen molar-refractivity contribution in [3.05, 3.63) is 30.1 Å². The van der Waals surface area contributed by atoms with E-state index >= 15 is 0 Å². The van der Waals surface area contributed by atoms with Gasteiger partial charge in [-0.2, -0.15) is 0 Å². The lowest BCUT2D eigenvalue weighted by Gasteiger charge is -2.25. The average Bonchev–Trinajstić information content (AvgIpc) is 2.45. The topological polar surface area (TPSA) is 58.6 Å². The Morgan fingerprint density at radius 2 is 1.80 bits per heavy atom. The molecule has 1 heterocycles. The van der Waals surface area contributed by atoms with E-state index in [0.29, 0.717) is 13.2 Å². The van der Waals surface area contributed by atoms with Crippen LogP contribution >= 0.6 is 0 Å². The molecular formula is C13H19FN2O3S. The minimum Gasteiger partial charge on any atom is -0.301 e. The first kappa shape index (κ1) is 15.4. The summed E-state index contributed by atoms with van der Waals surface area (Å²) in [6.07, 6.45) is 3.62. The number of hydrogen-bond donors (Lipinski definition) is 1.